The van der Waals surface area contributed by atoms with E-state index in [0.29, 0.717) is 37.1 Å². The van der Waals surface area contributed by atoms with Crippen molar-refractivity contribution >= 4 is 12.0 Å². The lowest BCUT2D eigenvalue weighted by Crippen LogP contribution is -2.43. The van der Waals surface area contributed by atoms with Gasteiger partial charge < -0.3 is 44.4 Å². The molecule has 4 aliphatic heterocycles. The van der Waals surface area contributed by atoms with E-state index in [-0.39, 0.29) is 23.9 Å². The van der Waals surface area contributed by atoms with Gasteiger partial charge in [0.05, 0.1) is 49.6 Å². The third-order valence-corrected chi connectivity index (χ3v) is 11.1. The van der Waals surface area contributed by atoms with Crippen molar-refractivity contribution in [2.75, 3.05) is 33.9 Å². The molecule has 0 radical (unpaired) electrons. The van der Waals surface area contributed by atoms with Crippen molar-refractivity contribution in [3.63, 3.8) is 0 Å². The summed E-state index contributed by atoms with van der Waals surface area (Å²) < 4.78 is 23.1. The zero-order valence-electron chi connectivity index (χ0n) is 30.5. The molecule has 2 aromatic heterocycles. The number of hydrogen-bond acceptors (Lipinski definition) is 9. The Bertz CT molecular complexity index is 2170. The topological polar surface area (TPSA) is 156 Å². The second-order valence-electron chi connectivity index (χ2n) is 14.8. The second-order valence-corrected chi connectivity index (χ2v) is 14.8. The fourth-order valence-corrected chi connectivity index (χ4v) is 8.51. The van der Waals surface area contributed by atoms with Gasteiger partial charge in [0.2, 0.25) is 0 Å². The minimum absolute atomic E-state index is 0.175. The first-order valence-electron chi connectivity index (χ1n) is 18.5. The Labute approximate surface area is 312 Å². The molecule has 2 saturated heterocycles. The van der Waals surface area contributed by atoms with Crippen LogP contribution in [0, 0.1) is 11.8 Å². The lowest BCUT2D eigenvalue weighted by Gasteiger charge is -2.30. The Kier molecular flexibility index (Phi) is 8.82. The van der Waals surface area contributed by atoms with Gasteiger partial charge in [-0.05, 0) is 54.5 Å². The van der Waals surface area contributed by atoms with E-state index in [1.165, 1.54) is 7.11 Å². The highest BCUT2D eigenvalue weighted by atomic mass is 16.5. The van der Waals surface area contributed by atoms with Crippen LogP contribution in [0.25, 0.3) is 33.6 Å². The van der Waals surface area contributed by atoms with E-state index in [1.807, 2.05) is 47.6 Å². The summed E-state index contributed by atoms with van der Waals surface area (Å²) in [5, 5.41) is 6.30. The van der Waals surface area contributed by atoms with E-state index < -0.39 is 12.1 Å². The van der Waals surface area contributed by atoms with Crippen LogP contribution in [0.5, 0.6) is 11.5 Å². The van der Waals surface area contributed by atoms with Crippen LogP contribution in [-0.4, -0.2) is 70.8 Å². The standard InChI is InChI=1S/C41H43N7O6/c1-22-9-32(48(18-22)40(49)37(47-41(50)52-3)24-7-5-4-6-8-24)39-44-17-31(46-39)26-12-28-21-53-33-13-25(11-27-20-54-34(14-26)36(28)35(27)33)30-16-43-38(45-30)29-10-23(15-42-29)19-51-2/h4-8,11-14,16-17,22-23,29,32,37,42H,9-10,15,18-21H2,1-3H3,(H,43,45)(H,44,46)(H,47,50). The van der Waals surface area contributed by atoms with Crippen LogP contribution in [-0.2, 0) is 27.5 Å². The largest absolute Gasteiger partial charge is 0.488 e. The molecule has 5 unspecified atom stereocenters. The number of alkyl carbamates (subject to hydrolysis) is 1. The first kappa shape index (κ1) is 34.1. The van der Waals surface area contributed by atoms with Crippen LogP contribution in [0.3, 0.4) is 0 Å². The fourth-order valence-electron chi connectivity index (χ4n) is 8.51. The highest BCUT2D eigenvalue weighted by Crippen LogP contribution is 2.51. The van der Waals surface area contributed by atoms with Crippen molar-refractivity contribution in [3.8, 4) is 45.1 Å². The summed E-state index contributed by atoms with van der Waals surface area (Å²) in [5.74, 6) is 3.77. The van der Waals surface area contributed by atoms with Crippen LogP contribution in [0.1, 0.15) is 66.2 Å². The number of nitrogens with zero attached hydrogens (tertiary/aromatic N) is 3. The molecule has 0 bridgehead atoms. The summed E-state index contributed by atoms with van der Waals surface area (Å²) >= 11 is 0. The Morgan fingerprint density at radius 3 is 2.20 bits per heavy atom. The third-order valence-electron chi connectivity index (χ3n) is 11.1. The Hall–Kier alpha value is -5.66. The molecular formula is C41H43N7O6. The maximum Gasteiger partial charge on any atom is 0.407 e. The van der Waals surface area contributed by atoms with Crippen molar-refractivity contribution in [2.45, 2.75) is 51.1 Å². The molecule has 2 fully saturated rings. The molecule has 13 nitrogen and oxygen atoms in total. The van der Waals surface area contributed by atoms with Crippen molar-refractivity contribution in [2.24, 2.45) is 11.8 Å². The van der Waals surface area contributed by atoms with Crippen molar-refractivity contribution in [3.05, 3.63) is 95.3 Å². The molecule has 4 aliphatic rings. The molecule has 13 heteroatoms. The number of carbonyl (C=O) groups excluding carboxylic acids is 2. The third kappa shape index (κ3) is 6.16. The number of amides is 2. The zero-order chi connectivity index (χ0) is 36.9. The SMILES string of the molecule is COCC1CNC(c2ncc(-c3cc4c5c(c3)OCc3cc(-c6cnc(C7CC(C)CN7C(=O)C(NC(=O)OC)c7ccccc7)[nH]6)cc(c3-5)OC4)[nH]2)C1. The number of carbonyl (C=O) groups is 2. The van der Waals surface area contributed by atoms with Gasteiger partial charge in [-0.15, -0.1) is 0 Å². The number of methoxy groups -OCH3 is 2. The van der Waals surface area contributed by atoms with Crippen molar-refractivity contribution < 1.29 is 28.5 Å². The molecule has 6 heterocycles. The van der Waals surface area contributed by atoms with Crippen LogP contribution < -0.4 is 20.1 Å². The maximum absolute atomic E-state index is 14.1. The van der Waals surface area contributed by atoms with Crippen LogP contribution in [0.4, 0.5) is 4.79 Å². The number of nitrogens with one attached hydrogen (secondary N) is 4. The van der Waals surface area contributed by atoms with Crippen LogP contribution in [0.15, 0.2) is 67.0 Å². The highest BCUT2D eigenvalue weighted by Gasteiger charge is 2.40. The number of H-pyrrole nitrogens is 2. The maximum atomic E-state index is 14.1. The number of hydrogen-bond donors (Lipinski definition) is 4. The van der Waals surface area contributed by atoms with Gasteiger partial charge in [0.1, 0.15) is 42.4 Å². The quantitative estimate of drug-likeness (QED) is 0.138. The van der Waals surface area contributed by atoms with Crippen molar-refractivity contribution in [1.29, 1.82) is 0 Å². The van der Waals surface area contributed by atoms with E-state index >= 15 is 0 Å². The monoisotopic (exact) mass is 729 g/mol. The minimum Gasteiger partial charge on any atom is -0.488 e. The van der Waals surface area contributed by atoms with Crippen LogP contribution in [0.2, 0.25) is 0 Å². The Morgan fingerprint density at radius 1 is 0.907 bits per heavy atom. The predicted molar refractivity (Wildman–Crippen MR) is 199 cm³/mol. The summed E-state index contributed by atoms with van der Waals surface area (Å²) in [6.45, 7) is 5.12. The van der Waals surface area contributed by atoms with Gasteiger partial charge in [-0.3, -0.25) is 4.79 Å². The Morgan fingerprint density at radius 2 is 1.56 bits per heavy atom. The fraction of sp³-hybridized carbons (Fsp3) is 0.366. The molecule has 0 spiro atoms. The molecule has 4 N–H and O–H groups in total. The minimum atomic E-state index is -0.892. The van der Waals surface area contributed by atoms with Gasteiger partial charge in [-0.1, -0.05) is 37.3 Å². The first-order chi connectivity index (χ1) is 26.4. The molecule has 0 aliphatic carbocycles. The van der Waals surface area contributed by atoms with Gasteiger partial charge in [0.15, 0.2) is 0 Å². The van der Waals surface area contributed by atoms with E-state index in [1.54, 1.807) is 7.11 Å². The molecule has 278 valence electrons. The Balaban J connectivity index is 0.969. The zero-order valence-corrected chi connectivity index (χ0v) is 30.5. The molecule has 3 aromatic carbocycles. The summed E-state index contributed by atoms with van der Waals surface area (Å²) in [6, 6.07) is 16.7. The summed E-state index contributed by atoms with van der Waals surface area (Å²) in [7, 11) is 3.04. The van der Waals surface area contributed by atoms with Crippen molar-refractivity contribution in [1.82, 2.24) is 35.5 Å². The number of benzene rings is 3. The smallest absolute Gasteiger partial charge is 0.407 e. The number of ether oxygens (including phenoxy) is 4. The summed E-state index contributed by atoms with van der Waals surface area (Å²) in [6.07, 6.45) is 4.76. The van der Waals surface area contributed by atoms with Crippen LogP contribution >= 0.6 is 0 Å². The molecule has 0 saturated carbocycles. The number of imidazole rings is 2. The van der Waals surface area contributed by atoms with Gasteiger partial charge in [0.25, 0.3) is 5.91 Å². The van der Waals surface area contributed by atoms with Gasteiger partial charge in [0, 0.05) is 53.6 Å². The molecular weight excluding hydrogens is 686 g/mol. The lowest BCUT2D eigenvalue weighted by atomic mass is 9.87. The normalized spacial score (nSPS) is 21.6. The molecule has 9 rings (SSSR count). The molecule has 5 atom stereocenters. The molecule has 2 amide bonds. The van der Waals surface area contributed by atoms with Gasteiger partial charge >= 0.3 is 6.09 Å². The van der Waals surface area contributed by atoms with Gasteiger partial charge in [-0.25, -0.2) is 14.8 Å². The number of aromatic amines is 2. The lowest BCUT2D eigenvalue weighted by molar-refractivity contribution is -0.134. The number of likely N-dealkylation sites (tertiary alicyclic amines) is 1. The predicted octanol–water partition coefficient (Wildman–Crippen LogP) is 6.22. The first-order valence-corrected chi connectivity index (χ1v) is 18.5. The van der Waals surface area contributed by atoms with E-state index in [0.717, 1.165) is 88.1 Å². The molecule has 54 heavy (non-hydrogen) atoms. The van der Waals surface area contributed by atoms with Gasteiger partial charge in [-0.2, -0.15) is 0 Å². The number of aromatic nitrogens is 4. The van der Waals surface area contributed by atoms with E-state index in [9.17, 15) is 9.59 Å². The summed E-state index contributed by atoms with van der Waals surface area (Å²) in [5.41, 5.74) is 8.61. The average Bonchev–Trinajstić information content (AvgIpc) is 4.03. The van der Waals surface area contributed by atoms with E-state index in [2.05, 4.69) is 51.8 Å². The highest BCUT2D eigenvalue weighted by molar-refractivity contribution is 5.89. The summed E-state index contributed by atoms with van der Waals surface area (Å²) in [4.78, 5) is 44.8. The number of rotatable bonds is 9. The van der Waals surface area contributed by atoms with E-state index in [4.69, 9.17) is 28.9 Å². The average molecular weight is 730 g/mol. The molecule has 5 aromatic rings. The second kappa shape index (κ2) is 14.0.